The first kappa shape index (κ1) is 15.7. The number of aryl methyl sites for hydroxylation is 1. The Morgan fingerprint density at radius 3 is 2.05 bits per heavy atom. The van der Waals surface area contributed by atoms with Crippen LogP contribution in [0.5, 0.6) is 0 Å². The summed E-state index contributed by atoms with van der Waals surface area (Å²) < 4.78 is 29.9. The fraction of sp³-hybridized carbons (Fsp3) is 0.294. The summed E-state index contributed by atoms with van der Waals surface area (Å²) in [6.45, 7) is 5.66. The van der Waals surface area contributed by atoms with Gasteiger partial charge in [0.15, 0.2) is 0 Å². The van der Waals surface area contributed by atoms with E-state index in [1.54, 1.807) is 31.2 Å². The van der Waals surface area contributed by atoms with E-state index in [9.17, 15) is 8.42 Å². The number of benzene rings is 2. The van der Waals surface area contributed by atoms with E-state index in [4.69, 9.17) is 4.18 Å². The highest BCUT2D eigenvalue weighted by Crippen LogP contribution is 2.24. The normalized spacial score (nSPS) is 14.6. The third-order valence-corrected chi connectivity index (χ3v) is 5.02. The highest BCUT2D eigenvalue weighted by molar-refractivity contribution is 7.86. The molecule has 0 radical (unpaired) electrons. The van der Waals surface area contributed by atoms with Gasteiger partial charge >= 0.3 is 0 Å². The van der Waals surface area contributed by atoms with Crippen molar-refractivity contribution in [3.63, 3.8) is 0 Å². The van der Waals surface area contributed by atoms with Gasteiger partial charge in [-0.05, 0) is 31.5 Å². The molecular formula is C17H20O3S. The summed E-state index contributed by atoms with van der Waals surface area (Å²) in [7, 11) is -3.73. The van der Waals surface area contributed by atoms with Gasteiger partial charge in [-0.1, -0.05) is 55.0 Å². The van der Waals surface area contributed by atoms with Crippen LogP contribution < -0.4 is 0 Å². The van der Waals surface area contributed by atoms with Crippen molar-refractivity contribution >= 4 is 10.1 Å². The third-order valence-electron chi connectivity index (χ3n) is 3.62. The zero-order valence-corrected chi connectivity index (χ0v) is 13.3. The van der Waals surface area contributed by atoms with E-state index < -0.39 is 16.2 Å². The first-order chi connectivity index (χ1) is 9.90. The number of hydrogen-bond donors (Lipinski definition) is 0. The van der Waals surface area contributed by atoms with Crippen LogP contribution in [0.25, 0.3) is 0 Å². The molecular weight excluding hydrogens is 284 g/mol. The van der Waals surface area contributed by atoms with Crippen molar-refractivity contribution in [2.24, 2.45) is 0 Å². The summed E-state index contributed by atoms with van der Waals surface area (Å²) in [4.78, 5) is 0.195. The summed E-state index contributed by atoms with van der Waals surface area (Å²) in [5, 5.41) is 0. The molecule has 112 valence electrons. The van der Waals surface area contributed by atoms with Crippen LogP contribution in [0.3, 0.4) is 0 Å². The van der Waals surface area contributed by atoms with Crippen LogP contribution in [-0.2, 0) is 14.3 Å². The van der Waals surface area contributed by atoms with Crippen LogP contribution in [0.4, 0.5) is 0 Å². The summed E-state index contributed by atoms with van der Waals surface area (Å²) >= 11 is 0. The van der Waals surface area contributed by atoms with Crippen molar-refractivity contribution in [2.75, 3.05) is 0 Å². The monoisotopic (exact) mass is 304 g/mol. The average Bonchev–Trinajstić information content (AvgIpc) is 2.47. The first-order valence-electron chi connectivity index (χ1n) is 6.95. The molecule has 2 rings (SSSR count). The fourth-order valence-corrected chi connectivity index (χ4v) is 3.22. The van der Waals surface area contributed by atoms with Crippen LogP contribution in [0.2, 0.25) is 0 Å². The molecule has 3 nitrogen and oxygen atoms in total. The molecule has 0 aliphatic rings. The van der Waals surface area contributed by atoms with Crippen molar-refractivity contribution in [1.29, 1.82) is 0 Å². The number of rotatable bonds is 5. The molecule has 0 spiro atoms. The molecule has 0 aromatic heterocycles. The number of hydrogen-bond acceptors (Lipinski definition) is 3. The molecule has 0 amide bonds. The Morgan fingerprint density at radius 1 is 0.905 bits per heavy atom. The van der Waals surface area contributed by atoms with Gasteiger partial charge in [-0.3, -0.25) is 4.18 Å². The van der Waals surface area contributed by atoms with E-state index in [0.29, 0.717) is 0 Å². The Bertz CT molecular complexity index is 676. The van der Waals surface area contributed by atoms with E-state index in [1.807, 2.05) is 44.2 Å². The molecule has 0 fully saturated rings. The van der Waals surface area contributed by atoms with E-state index in [1.165, 1.54) is 0 Å². The molecule has 0 bridgehead atoms. The summed E-state index contributed by atoms with van der Waals surface area (Å²) in [5.74, 6) is -0.00794. The van der Waals surface area contributed by atoms with Crippen molar-refractivity contribution in [1.82, 2.24) is 0 Å². The lowest BCUT2D eigenvalue weighted by Gasteiger charge is -2.20. The minimum atomic E-state index is -3.73. The molecule has 0 aliphatic carbocycles. The van der Waals surface area contributed by atoms with Crippen LogP contribution in [0, 0.1) is 6.92 Å². The van der Waals surface area contributed by atoms with Gasteiger partial charge in [0.25, 0.3) is 10.1 Å². The van der Waals surface area contributed by atoms with Gasteiger partial charge in [0.05, 0.1) is 11.0 Å². The van der Waals surface area contributed by atoms with E-state index in [0.717, 1.165) is 11.1 Å². The summed E-state index contributed by atoms with van der Waals surface area (Å²) in [6.07, 6.45) is -0.432. The molecule has 2 atom stereocenters. The van der Waals surface area contributed by atoms with Gasteiger partial charge in [0.2, 0.25) is 0 Å². The van der Waals surface area contributed by atoms with Crippen LogP contribution in [0.1, 0.15) is 30.9 Å². The second kappa shape index (κ2) is 6.41. The van der Waals surface area contributed by atoms with Gasteiger partial charge in [0, 0.05) is 5.92 Å². The molecule has 4 heteroatoms. The smallest absolute Gasteiger partial charge is 0.263 e. The molecule has 2 aromatic rings. The maximum atomic E-state index is 12.3. The standard InChI is InChI=1S/C17H20O3S/c1-13-9-11-17(12-10-13)21(18,19)20-15(3)14(2)16-7-5-4-6-8-16/h4-12,14-15H,1-3H3/t14-,15+/m1/s1. The molecule has 0 saturated heterocycles. The molecule has 0 unspecified atom stereocenters. The van der Waals surface area contributed by atoms with E-state index in [-0.39, 0.29) is 10.8 Å². The zero-order chi connectivity index (χ0) is 15.5. The third kappa shape index (κ3) is 3.93. The average molecular weight is 304 g/mol. The Morgan fingerprint density at radius 2 is 1.48 bits per heavy atom. The van der Waals surface area contributed by atoms with E-state index in [2.05, 4.69) is 0 Å². The Hall–Kier alpha value is -1.65. The predicted molar refractivity (Wildman–Crippen MR) is 83.8 cm³/mol. The van der Waals surface area contributed by atoms with Crippen molar-refractivity contribution < 1.29 is 12.6 Å². The SMILES string of the molecule is Cc1ccc(S(=O)(=O)O[C@@H](C)[C@@H](C)c2ccccc2)cc1. The molecule has 0 saturated carbocycles. The highest BCUT2D eigenvalue weighted by Gasteiger charge is 2.23. The second-order valence-electron chi connectivity index (χ2n) is 5.27. The van der Waals surface area contributed by atoms with Crippen LogP contribution in [-0.4, -0.2) is 14.5 Å². The quantitative estimate of drug-likeness (QED) is 0.787. The highest BCUT2D eigenvalue weighted by atomic mass is 32.2. The second-order valence-corrected chi connectivity index (χ2v) is 6.84. The Kier molecular flexibility index (Phi) is 4.80. The maximum Gasteiger partial charge on any atom is 0.297 e. The van der Waals surface area contributed by atoms with Crippen molar-refractivity contribution in [2.45, 2.75) is 37.7 Å². The molecule has 0 aliphatic heterocycles. The predicted octanol–water partition coefficient (Wildman–Crippen LogP) is 3.89. The maximum absolute atomic E-state index is 12.3. The minimum absolute atomic E-state index is 0.00794. The van der Waals surface area contributed by atoms with Gasteiger partial charge in [0.1, 0.15) is 0 Å². The van der Waals surface area contributed by atoms with Crippen molar-refractivity contribution in [3.8, 4) is 0 Å². The van der Waals surface area contributed by atoms with E-state index >= 15 is 0 Å². The molecule has 0 N–H and O–H groups in total. The minimum Gasteiger partial charge on any atom is -0.263 e. The first-order valence-corrected chi connectivity index (χ1v) is 8.36. The molecule has 21 heavy (non-hydrogen) atoms. The van der Waals surface area contributed by atoms with Crippen molar-refractivity contribution in [3.05, 3.63) is 65.7 Å². The lowest BCUT2D eigenvalue weighted by Crippen LogP contribution is -2.21. The fourth-order valence-electron chi connectivity index (χ4n) is 2.07. The Balaban J connectivity index is 2.14. The topological polar surface area (TPSA) is 43.4 Å². The molecule has 0 heterocycles. The van der Waals surface area contributed by atoms with Gasteiger partial charge < -0.3 is 0 Å². The molecule has 2 aromatic carbocycles. The summed E-state index contributed by atoms with van der Waals surface area (Å²) in [5.41, 5.74) is 2.07. The largest absolute Gasteiger partial charge is 0.297 e. The van der Waals surface area contributed by atoms with Crippen LogP contribution in [0.15, 0.2) is 59.5 Å². The van der Waals surface area contributed by atoms with Crippen LogP contribution >= 0.6 is 0 Å². The van der Waals surface area contributed by atoms with Gasteiger partial charge in [-0.15, -0.1) is 0 Å². The lowest BCUT2D eigenvalue weighted by atomic mass is 9.97. The van der Waals surface area contributed by atoms with Gasteiger partial charge in [-0.2, -0.15) is 8.42 Å². The lowest BCUT2D eigenvalue weighted by molar-refractivity contribution is 0.203. The zero-order valence-electron chi connectivity index (χ0n) is 12.5. The summed E-state index contributed by atoms with van der Waals surface area (Å²) in [6, 6.07) is 16.4. The van der Waals surface area contributed by atoms with Gasteiger partial charge in [-0.25, -0.2) is 0 Å². The Labute approximate surface area is 126 Å².